The molecule has 0 radical (unpaired) electrons. The molecule has 0 atom stereocenters. The smallest absolute Gasteiger partial charge is 0.606 e. The number of ether oxygens (including phenoxy) is 1. The Labute approximate surface area is 138 Å². The Balaban J connectivity index is 1.51. The summed E-state index contributed by atoms with van der Waals surface area (Å²) in [6.45, 7) is -1.79. The molecule has 0 saturated carbocycles. The summed E-state index contributed by atoms with van der Waals surface area (Å²) in [6.07, 6.45) is 1.77. The molecule has 0 spiro atoms. The second-order valence-corrected chi connectivity index (χ2v) is 5.90. The van der Waals surface area contributed by atoms with E-state index >= 15 is 0 Å². The van der Waals surface area contributed by atoms with Gasteiger partial charge < -0.3 is 14.0 Å². The molecule has 2 fully saturated rings. The van der Waals surface area contributed by atoms with Crippen LogP contribution in [0.4, 0.5) is 0 Å². The van der Waals surface area contributed by atoms with Crippen molar-refractivity contribution in [2.24, 2.45) is 0 Å². The summed E-state index contributed by atoms with van der Waals surface area (Å²) >= 11 is 0. The predicted octanol–water partition coefficient (Wildman–Crippen LogP) is 1.32. The van der Waals surface area contributed by atoms with Gasteiger partial charge in [0.1, 0.15) is 25.2 Å². The fourth-order valence-electron chi connectivity index (χ4n) is 3.12. The molecule has 120 valence electrons. The molecule has 2 saturated heterocycles. The molecule has 0 amide bonds. The first-order chi connectivity index (χ1) is 11.7. The molecule has 3 heterocycles. The zero-order valence-corrected chi connectivity index (χ0v) is 12.8. The normalized spacial score (nSPS) is 18.1. The predicted molar refractivity (Wildman–Crippen MR) is 85.1 cm³/mol. The largest absolute Gasteiger partial charge is 0.609 e. The van der Waals surface area contributed by atoms with Crippen molar-refractivity contribution in [3.05, 3.63) is 60.0 Å². The van der Waals surface area contributed by atoms with Crippen LogP contribution in [0.3, 0.4) is 0 Å². The number of nitrogens with zero attached hydrogens (tertiary/aromatic N) is 1. The number of fused-ring (bicyclic) bond motifs is 1. The van der Waals surface area contributed by atoms with Gasteiger partial charge in [-0.25, -0.2) is 0 Å². The van der Waals surface area contributed by atoms with Crippen LogP contribution in [0.1, 0.15) is 18.4 Å². The van der Waals surface area contributed by atoms with Crippen LogP contribution in [0, 0.1) is 5.82 Å². The minimum atomic E-state index is -2.22. The Kier molecular flexibility index (Phi) is 3.41. The lowest BCUT2D eigenvalue weighted by molar-refractivity contribution is -0.138. The minimum Gasteiger partial charge on any atom is -0.609 e. The molecular formula is C17H14BNO5. The van der Waals surface area contributed by atoms with Gasteiger partial charge in [0.15, 0.2) is 0 Å². The van der Waals surface area contributed by atoms with Crippen LogP contribution < -0.4 is 10.3 Å². The molecule has 4 rings (SSSR count). The highest BCUT2D eigenvalue weighted by atomic mass is 16.7. The first-order valence-electron chi connectivity index (χ1n) is 7.72. The highest BCUT2D eigenvalue weighted by molar-refractivity contribution is 6.90. The number of pyridine rings is 1. The molecule has 0 N–H and O–H groups in total. The summed E-state index contributed by atoms with van der Waals surface area (Å²) in [5, 5.41) is 0. The maximum absolute atomic E-state index is 11.6. The zero-order chi connectivity index (χ0) is 16.6. The minimum absolute atomic E-state index is 0.111. The summed E-state index contributed by atoms with van der Waals surface area (Å²) < 4.78 is 16.4. The second kappa shape index (κ2) is 5.60. The van der Waals surface area contributed by atoms with Gasteiger partial charge >= 0.3 is 18.5 Å². The highest BCUT2D eigenvalue weighted by Crippen LogP contribution is 2.39. The van der Waals surface area contributed by atoms with Gasteiger partial charge in [-0.05, 0) is 11.6 Å². The van der Waals surface area contributed by atoms with Crippen molar-refractivity contribution in [2.45, 2.75) is 19.4 Å². The van der Waals surface area contributed by atoms with E-state index in [9.17, 15) is 9.59 Å². The molecular weight excluding hydrogens is 309 g/mol. The maximum atomic E-state index is 11.6. The van der Waals surface area contributed by atoms with Crippen LogP contribution in [0.2, 0.25) is 0 Å². The first kappa shape index (κ1) is 14.6. The van der Waals surface area contributed by atoms with Gasteiger partial charge in [-0.1, -0.05) is 36.4 Å². The molecule has 1 aromatic carbocycles. The third-order valence-corrected chi connectivity index (χ3v) is 4.27. The quantitative estimate of drug-likeness (QED) is 0.624. The van der Waals surface area contributed by atoms with Crippen LogP contribution in [0.25, 0.3) is 0 Å². The molecule has 6 nitrogen and oxygen atoms in total. The van der Waals surface area contributed by atoms with Crippen LogP contribution in [0.15, 0.2) is 48.7 Å². The molecule has 0 unspecified atom stereocenters. The number of hydrogen-bond acceptors (Lipinski definition) is 6. The van der Waals surface area contributed by atoms with Gasteiger partial charge in [0, 0.05) is 11.4 Å². The van der Waals surface area contributed by atoms with Crippen molar-refractivity contribution in [2.75, 3.05) is 0 Å². The average molecular weight is 323 g/mol. The fourth-order valence-corrected chi connectivity index (χ4v) is 3.12. The molecule has 0 aliphatic carbocycles. The van der Waals surface area contributed by atoms with E-state index in [-0.39, 0.29) is 24.8 Å². The number of aromatic nitrogens is 1. The Morgan fingerprint density at radius 1 is 1.04 bits per heavy atom. The van der Waals surface area contributed by atoms with Gasteiger partial charge in [-0.2, -0.15) is 0 Å². The van der Waals surface area contributed by atoms with Gasteiger partial charge in [-0.15, -0.1) is 0 Å². The van der Waals surface area contributed by atoms with Crippen LogP contribution >= 0.6 is 0 Å². The third kappa shape index (κ3) is 2.48. The van der Waals surface area contributed by atoms with Crippen molar-refractivity contribution in [1.29, 1.82) is 0 Å². The van der Waals surface area contributed by atoms with Gasteiger partial charge in [0.25, 0.3) is 0 Å². The van der Waals surface area contributed by atoms with Gasteiger partial charge in [0.2, 0.25) is 0 Å². The summed E-state index contributed by atoms with van der Waals surface area (Å²) in [6, 6.07) is 13.2. The number of benzene rings is 1. The van der Waals surface area contributed by atoms with E-state index in [1.165, 1.54) is 0 Å². The number of rotatable bonds is 4. The summed E-state index contributed by atoms with van der Waals surface area (Å²) in [7, 11) is 0. The van der Waals surface area contributed by atoms with E-state index in [1.807, 2.05) is 30.3 Å². The lowest BCUT2D eigenvalue weighted by Gasteiger charge is -2.24. The van der Waals surface area contributed by atoms with E-state index in [2.05, 4.69) is 4.98 Å². The van der Waals surface area contributed by atoms with Crippen molar-refractivity contribution in [3.8, 4) is 5.75 Å². The monoisotopic (exact) mass is 323 g/mol. The van der Waals surface area contributed by atoms with Crippen molar-refractivity contribution in [1.82, 2.24) is 4.98 Å². The van der Waals surface area contributed by atoms with Crippen molar-refractivity contribution in [3.63, 3.8) is 0 Å². The average Bonchev–Trinajstić information content (AvgIpc) is 3.06. The van der Waals surface area contributed by atoms with E-state index in [0.717, 1.165) is 5.56 Å². The SMILES string of the molecule is O=C1C[C+]2CC(=O)O[B-]2(c2ccc(OCc3ccccc3)cn2)O1. The van der Waals surface area contributed by atoms with E-state index in [4.69, 9.17) is 14.0 Å². The van der Waals surface area contributed by atoms with Crippen LogP contribution in [-0.4, -0.2) is 23.5 Å². The first-order valence-corrected chi connectivity index (χ1v) is 7.72. The molecule has 2 aliphatic heterocycles. The number of carbonyl (C=O) groups is 2. The van der Waals surface area contributed by atoms with E-state index < -0.39 is 6.55 Å². The molecule has 7 heteroatoms. The van der Waals surface area contributed by atoms with Gasteiger partial charge in [-0.3, -0.25) is 14.6 Å². The molecule has 1 aromatic heterocycles. The Morgan fingerprint density at radius 3 is 2.38 bits per heavy atom. The fraction of sp³-hybridized carbons (Fsp3) is 0.176. The summed E-state index contributed by atoms with van der Waals surface area (Å²) in [4.78, 5) is 27.5. The van der Waals surface area contributed by atoms with Crippen molar-refractivity contribution < 1.29 is 23.6 Å². The van der Waals surface area contributed by atoms with Crippen LogP contribution in [-0.2, 0) is 25.5 Å². The van der Waals surface area contributed by atoms with E-state index in [0.29, 0.717) is 23.8 Å². The highest BCUT2D eigenvalue weighted by Gasteiger charge is 2.66. The topological polar surface area (TPSA) is 74.7 Å². The molecule has 0 bridgehead atoms. The lowest BCUT2D eigenvalue weighted by atomic mass is 9.46. The van der Waals surface area contributed by atoms with Crippen molar-refractivity contribution >= 4 is 24.1 Å². The zero-order valence-electron chi connectivity index (χ0n) is 12.8. The Hall–Kier alpha value is -2.96. The number of carbonyl (C=O) groups excluding carboxylic acids is 2. The summed E-state index contributed by atoms with van der Waals surface area (Å²) in [5.41, 5.74) is 1.49. The maximum Gasteiger partial charge on any atom is 0.606 e. The van der Waals surface area contributed by atoms with Crippen LogP contribution in [0.5, 0.6) is 5.75 Å². The lowest BCUT2D eigenvalue weighted by Crippen LogP contribution is -2.53. The molecule has 2 aromatic rings. The van der Waals surface area contributed by atoms with Gasteiger partial charge in [0.05, 0.1) is 6.20 Å². The summed E-state index contributed by atoms with van der Waals surface area (Å²) in [5.74, 6) is 0.480. The molecule has 2 aliphatic rings. The second-order valence-electron chi connectivity index (χ2n) is 5.90. The Bertz CT molecular complexity index is 757. The van der Waals surface area contributed by atoms with E-state index in [1.54, 1.807) is 18.3 Å². The third-order valence-electron chi connectivity index (χ3n) is 4.27. The Morgan fingerprint density at radius 2 is 1.75 bits per heavy atom. The number of hydrogen-bond donors (Lipinski definition) is 0. The standard InChI is InChI=1S/C17H14BNO5/c20-16-8-13-9-17(21)24-18(13,23-16)15-7-6-14(10-19-15)22-11-12-4-2-1-3-5-12/h1-7,10H,8-9,11H2. The molecule has 24 heavy (non-hydrogen) atoms.